The molecular weight excluding hydrogens is 372 g/mol. The first-order valence-corrected chi connectivity index (χ1v) is 9.85. The summed E-state index contributed by atoms with van der Waals surface area (Å²) >= 11 is 0. The molecule has 1 aromatic rings. The molecule has 0 saturated carbocycles. The monoisotopic (exact) mass is 406 g/mol. The molecule has 0 aliphatic rings. The lowest BCUT2D eigenvalue weighted by atomic mass is 10.0. The highest BCUT2D eigenvalue weighted by molar-refractivity contribution is 5.86. The van der Waals surface area contributed by atoms with Crippen molar-refractivity contribution in [1.82, 2.24) is 10.6 Å². The van der Waals surface area contributed by atoms with Crippen molar-refractivity contribution in [2.24, 2.45) is 0 Å². The minimum absolute atomic E-state index is 0.0308. The molecule has 0 spiro atoms. The molecule has 2 amide bonds. The van der Waals surface area contributed by atoms with Gasteiger partial charge < -0.3 is 20.1 Å². The predicted octanol–water partition coefficient (Wildman–Crippen LogP) is 3.36. The first-order chi connectivity index (χ1) is 13.3. The second-order valence-electron chi connectivity index (χ2n) is 8.97. The van der Waals surface area contributed by atoms with E-state index in [1.807, 2.05) is 51.1 Å². The molecule has 2 atom stereocenters. The van der Waals surface area contributed by atoms with Crippen LogP contribution in [0.2, 0.25) is 0 Å². The Bertz CT molecular complexity index is 689. The van der Waals surface area contributed by atoms with Gasteiger partial charge in [0.05, 0.1) is 12.5 Å². The van der Waals surface area contributed by atoms with Gasteiger partial charge in [0.1, 0.15) is 5.60 Å². The zero-order chi connectivity index (χ0) is 22.2. The number of carbonyl (C=O) groups is 3. The lowest BCUT2D eigenvalue weighted by Gasteiger charge is -2.30. The Kier molecular flexibility index (Phi) is 8.67. The highest BCUT2D eigenvalue weighted by Gasteiger charge is 2.35. The SMILES string of the molecule is CCC(NC(=O)OC(C)(C)C)C(OC(=O)Cc1ccccc1)C(=O)NC(C)(C)C. The van der Waals surface area contributed by atoms with E-state index in [0.29, 0.717) is 6.42 Å². The Labute approximate surface area is 173 Å². The molecule has 0 bridgehead atoms. The molecule has 0 aliphatic carbocycles. The van der Waals surface area contributed by atoms with Gasteiger partial charge in [-0.2, -0.15) is 0 Å². The number of rotatable bonds is 7. The number of amides is 2. The van der Waals surface area contributed by atoms with E-state index in [-0.39, 0.29) is 6.42 Å². The Morgan fingerprint density at radius 1 is 1.00 bits per heavy atom. The number of carbonyl (C=O) groups excluding carboxylic acids is 3. The third-order valence-corrected chi connectivity index (χ3v) is 3.71. The Morgan fingerprint density at radius 2 is 1.59 bits per heavy atom. The Morgan fingerprint density at radius 3 is 2.07 bits per heavy atom. The maximum atomic E-state index is 12.8. The molecule has 0 fully saturated rings. The van der Waals surface area contributed by atoms with Crippen LogP contribution in [0.4, 0.5) is 4.79 Å². The van der Waals surface area contributed by atoms with E-state index >= 15 is 0 Å². The maximum Gasteiger partial charge on any atom is 0.408 e. The normalized spacial score (nSPS) is 13.8. The van der Waals surface area contributed by atoms with Crippen LogP contribution < -0.4 is 10.6 Å². The van der Waals surface area contributed by atoms with Crippen molar-refractivity contribution in [2.45, 2.75) is 84.6 Å². The van der Waals surface area contributed by atoms with Crippen LogP contribution in [0.3, 0.4) is 0 Å². The van der Waals surface area contributed by atoms with Crippen molar-refractivity contribution in [3.8, 4) is 0 Å². The zero-order valence-electron chi connectivity index (χ0n) is 18.5. The molecule has 0 radical (unpaired) electrons. The van der Waals surface area contributed by atoms with Crippen LogP contribution in [0.1, 0.15) is 60.5 Å². The second-order valence-corrected chi connectivity index (χ2v) is 8.97. The number of ether oxygens (including phenoxy) is 2. The molecule has 2 unspecified atom stereocenters. The van der Waals surface area contributed by atoms with E-state index < -0.39 is 41.3 Å². The van der Waals surface area contributed by atoms with E-state index in [0.717, 1.165) is 5.56 Å². The smallest absolute Gasteiger partial charge is 0.408 e. The predicted molar refractivity (Wildman–Crippen MR) is 111 cm³/mol. The molecule has 162 valence electrons. The molecular formula is C22H34N2O5. The maximum absolute atomic E-state index is 12.8. The summed E-state index contributed by atoms with van der Waals surface area (Å²) in [6, 6.07) is 8.39. The fourth-order valence-corrected chi connectivity index (χ4v) is 2.56. The van der Waals surface area contributed by atoms with Crippen molar-refractivity contribution in [1.29, 1.82) is 0 Å². The van der Waals surface area contributed by atoms with Crippen LogP contribution >= 0.6 is 0 Å². The first kappa shape index (κ1) is 24.5. The molecule has 1 rings (SSSR count). The summed E-state index contributed by atoms with van der Waals surface area (Å²) in [4.78, 5) is 37.5. The van der Waals surface area contributed by atoms with Crippen LogP contribution in [-0.4, -0.2) is 41.3 Å². The van der Waals surface area contributed by atoms with Gasteiger partial charge in [-0.15, -0.1) is 0 Å². The van der Waals surface area contributed by atoms with Gasteiger partial charge in [0.15, 0.2) is 6.10 Å². The summed E-state index contributed by atoms with van der Waals surface area (Å²) in [6.07, 6.45) is -1.44. The van der Waals surface area contributed by atoms with Gasteiger partial charge in [-0.25, -0.2) is 4.79 Å². The quantitative estimate of drug-likeness (QED) is 0.677. The van der Waals surface area contributed by atoms with Crippen LogP contribution in [0.5, 0.6) is 0 Å². The highest BCUT2D eigenvalue weighted by atomic mass is 16.6. The molecule has 7 nitrogen and oxygen atoms in total. The topological polar surface area (TPSA) is 93.7 Å². The van der Waals surface area contributed by atoms with Gasteiger partial charge in [0, 0.05) is 5.54 Å². The third-order valence-electron chi connectivity index (χ3n) is 3.71. The van der Waals surface area contributed by atoms with E-state index in [2.05, 4.69) is 10.6 Å². The third kappa shape index (κ3) is 9.96. The molecule has 7 heteroatoms. The Hall–Kier alpha value is -2.57. The Balaban J connectivity index is 2.96. The van der Waals surface area contributed by atoms with Crippen molar-refractivity contribution in [2.75, 3.05) is 0 Å². The highest BCUT2D eigenvalue weighted by Crippen LogP contribution is 2.13. The number of nitrogens with one attached hydrogen (secondary N) is 2. The second kappa shape index (κ2) is 10.3. The molecule has 0 aliphatic heterocycles. The summed E-state index contributed by atoms with van der Waals surface area (Å²) in [6.45, 7) is 12.5. The van der Waals surface area contributed by atoms with Crippen molar-refractivity contribution >= 4 is 18.0 Å². The van der Waals surface area contributed by atoms with E-state index in [1.165, 1.54) is 0 Å². The summed E-state index contributed by atoms with van der Waals surface area (Å²) in [7, 11) is 0. The van der Waals surface area contributed by atoms with Gasteiger partial charge in [-0.1, -0.05) is 37.3 Å². The van der Waals surface area contributed by atoms with Gasteiger partial charge >= 0.3 is 12.1 Å². The lowest BCUT2D eigenvalue weighted by molar-refractivity contribution is -0.157. The summed E-state index contributed by atoms with van der Waals surface area (Å²) < 4.78 is 10.8. The van der Waals surface area contributed by atoms with E-state index in [4.69, 9.17) is 9.47 Å². The van der Waals surface area contributed by atoms with Crippen molar-refractivity contribution in [3.63, 3.8) is 0 Å². The standard InChI is InChI=1S/C22H34N2O5/c1-8-16(23-20(27)29-22(5,6)7)18(19(26)24-21(2,3)4)28-17(25)14-15-12-10-9-11-13-15/h9-13,16,18H,8,14H2,1-7H3,(H,23,27)(H,24,26). The van der Waals surface area contributed by atoms with Crippen LogP contribution in [0, 0.1) is 0 Å². The zero-order valence-corrected chi connectivity index (χ0v) is 18.5. The largest absolute Gasteiger partial charge is 0.450 e. The van der Waals surface area contributed by atoms with Crippen molar-refractivity contribution < 1.29 is 23.9 Å². The summed E-state index contributed by atoms with van der Waals surface area (Å²) in [5.41, 5.74) is -0.429. The lowest BCUT2D eigenvalue weighted by Crippen LogP contribution is -2.56. The molecule has 0 aromatic heterocycles. The van der Waals surface area contributed by atoms with Crippen LogP contribution in [-0.2, 0) is 25.5 Å². The van der Waals surface area contributed by atoms with Gasteiger partial charge in [0.2, 0.25) is 0 Å². The molecule has 1 aromatic carbocycles. The molecule has 0 saturated heterocycles. The minimum Gasteiger partial charge on any atom is -0.450 e. The van der Waals surface area contributed by atoms with E-state index in [9.17, 15) is 14.4 Å². The van der Waals surface area contributed by atoms with Crippen LogP contribution in [0.25, 0.3) is 0 Å². The number of hydrogen-bond acceptors (Lipinski definition) is 5. The summed E-state index contributed by atoms with van der Waals surface area (Å²) in [5, 5.41) is 5.48. The number of hydrogen-bond donors (Lipinski definition) is 2. The average Bonchev–Trinajstić information content (AvgIpc) is 2.55. The fraction of sp³-hybridized carbons (Fsp3) is 0.591. The van der Waals surface area contributed by atoms with Gasteiger partial charge in [-0.3, -0.25) is 9.59 Å². The van der Waals surface area contributed by atoms with Crippen molar-refractivity contribution in [3.05, 3.63) is 35.9 Å². The summed E-state index contributed by atoms with van der Waals surface area (Å²) in [5.74, 6) is -1.02. The van der Waals surface area contributed by atoms with Gasteiger partial charge in [-0.05, 0) is 53.5 Å². The molecule has 29 heavy (non-hydrogen) atoms. The number of benzene rings is 1. The van der Waals surface area contributed by atoms with E-state index in [1.54, 1.807) is 27.7 Å². The average molecular weight is 407 g/mol. The van der Waals surface area contributed by atoms with Crippen LogP contribution in [0.15, 0.2) is 30.3 Å². The molecule has 2 N–H and O–H groups in total. The fourth-order valence-electron chi connectivity index (χ4n) is 2.56. The number of alkyl carbamates (subject to hydrolysis) is 1. The first-order valence-electron chi connectivity index (χ1n) is 9.85. The van der Waals surface area contributed by atoms with Gasteiger partial charge in [0.25, 0.3) is 5.91 Å². The number of esters is 1. The minimum atomic E-state index is -1.18. The molecule has 0 heterocycles.